The molecule has 1 heterocycles. The van der Waals surface area contributed by atoms with Gasteiger partial charge in [0, 0.05) is 10.6 Å². The van der Waals surface area contributed by atoms with Crippen LogP contribution >= 0.6 is 23.4 Å². The van der Waals surface area contributed by atoms with E-state index in [0.717, 1.165) is 11.8 Å². The van der Waals surface area contributed by atoms with Crippen molar-refractivity contribution in [2.45, 2.75) is 18.5 Å². The fraction of sp³-hybridized carbons (Fsp3) is 0.267. The normalized spacial score (nSPS) is 10.8. The summed E-state index contributed by atoms with van der Waals surface area (Å²) >= 11 is 6.77. The van der Waals surface area contributed by atoms with Crippen molar-refractivity contribution in [3.8, 4) is 11.3 Å². The molecule has 0 N–H and O–H groups in total. The molecule has 0 fully saturated rings. The largest absolute Gasteiger partial charge is 0.465 e. The number of esters is 1. The number of halogens is 3. The summed E-state index contributed by atoms with van der Waals surface area (Å²) < 4.78 is 30.8. The Hall–Kier alpha value is -1.73. The molecule has 4 nitrogen and oxygen atoms in total. The molecule has 23 heavy (non-hydrogen) atoms. The quantitative estimate of drug-likeness (QED) is 0.435. The van der Waals surface area contributed by atoms with E-state index < -0.39 is 18.1 Å². The molecule has 0 spiro atoms. The zero-order chi connectivity index (χ0) is 16.8. The molecule has 0 aliphatic rings. The van der Waals surface area contributed by atoms with Gasteiger partial charge in [-0.2, -0.15) is 0 Å². The fourth-order valence-corrected chi connectivity index (χ4v) is 2.50. The Balaban J connectivity index is 2.28. The molecule has 8 heteroatoms. The monoisotopic (exact) mass is 358 g/mol. The van der Waals surface area contributed by atoms with Gasteiger partial charge in [-0.15, -0.1) is 0 Å². The molecule has 2 rings (SSSR count). The van der Waals surface area contributed by atoms with E-state index in [1.807, 2.05) is 0 Å². The lowest BCUT2D eigenvalue weighted by Crippen LogP contribution is -2.07. The highest BCUT2D eigenvalue weighted by atomic mass is 35.5. The Morgan fingerprint density at radius 3 is 2.61 bits per heavy atom. The van der Waals surface area contributed by atoms with Crippen LogP contribution in [0, 0.1) is 0 Å². The summed E-state index contributed by atoms with van der Waals surface area (Å²) in [6, 6.07) is 7.88. The lowest BCUT2D eigenvalue weighted by atomic mass is 10.1. The minimum absolute atomic E-state index is 0.0411. The third-order valence-electron chi connectivity index (χ3n) is 2.71. The topological polar surface area (TPSA) is 52.1 Å². The maximum absolute atomic E-state index is 13.0. The minimum Gasteiger partial charge on any atom is -0.465 e. The van der Waals surface area contributed by atoms with Gasteiger partial charge in [-0.25, -0.2) is 18.7 Å². The van der Waals surface area contributed by atoms with E-state index in [1.165, 1.54) is 6.07 Å². The third kappa shape index (κ3) is 5.14. The van der Waals surface area contributed by atoms with Crippen LogP contribution in [0.3, 0.4) is 0 Å². The van der Waals surface area contributed by atoms with Gasteiger partial charge in [0.1, 0.15) is 5.69 Å². The number of carbonyl (C=O) groups is 1. The number of ether oxygens (including phenoxy) is 1. The second-order valence-corrected chi connectivity index (χ2v) is 5.74. The van der Waals surface area contributed by atoms with Crippen molar-refractivity contribution in [1.82, 2.24) is 9.97 Å². The van der Waals surface area contributed by atoms with Gasteiger partial charge in [-0.1, -0.05) is 35.5 Å². The van der Waals surface area contributed by atoms with Gasteiger partial charge in [-0.05, 0) is 25.1 Å². The maximum Gasteiger partial charge on any atom is 0.316 e. The first-order valence-electron chi connectivity index (χ1n) is 6.71. The van der Waals surface area contributed by atoms with E-state index >= 15 is 0 Å². The Kier molecular flexibility index (Phi) is 6.29. The number of alkyl halides is 2. The molecule has 0 atom stereocenters. The van der Waals surface area contributed by atoms with Crippen molar-refractivity contribution < 1.29 is 18.3 Å². The SMILES string of the molecule is CCOC(=O)CSc1nc(-c2ccc(Cl)cc2)cc(C(F)F)n1. The summed E-state index contributed by atoms with van der Waals surface area (Å²) in [6.07, 6.45) is -2.73. The Labute approximate surface area is 141 Å². The van der Waals surface area contributed by atoms with Gasteiger partial charge in [0.05, 0.1) is 18.1 Å². The van der Waals surface area contributed by atoms with Crippen LogP contribution in [-0.2, 0) is 9.53 Å². The van der Waals surface area contributed by atoms with Crippen LogP contribution in [0.2, 0.25) is 5.02 Å². The number of rotatable bonds is 6. The van der Waals surface area contributed by atoms with E-state index in [1.54, 1.807) is 31.2 Å². The molecule has 0 aliphatic heterocycles. The molecule has 0 bridgehead atoms. The highest BCUT2D eigenvalue weighted by molar-refractivity contribution is 7.99. The highest BCUT2D eigenvalue weighted by Crippen LogP contribution is 2.27. The predicted molar refractivity (Wildman–Crippen MR) is 84.8 cm³/mol. The van der Waals surface area contributed by atoms with Crippen molar-refractivity contribution >= 4 is 29.3 Å². The third-order valence-corrected chi connectivity index (χ3v) is 3.79. The summed E-state index contributed by atoms with van der Waals surface area (Å²) in [7, 11) is 0. The molecule has 0 saturated carbocycles. The first kappa shape index (κ1) is 17.6. The van der Waals surface area contributed by atoms with Gasteiger partial charge < -0.3 is 4.74 Å². The molecule has 0 radical (unpaired) electrons. The number of hydrogen-bond donors (Lipinski definition) is 0. The predicted octanol–water partition coefficient (Wildman–Crippen LogP) is 4.39. The van der Waals surface area contributed by atoms with E-state index in [9.17, 15) is 13.6 Å². The molecule has 1 aromatic carbocycles. The molecule has 0 saturated heterocycles. The number of nitrogens with zero attached hydrogens (tertiary/aromatic N) is 2. The van der Waals surface area contributed by atoms with Crippen LogP contribution in [0.4, 0.5) is 8.78 Å². The van der Waals surface area contributed by atoms with Gasteiger partial charge in [0.25, 0.3) is 6.43 Å². The molecule has 0 unspecified atom stereocenters. The van der Waals surface area contributed by atoms with E-state index in [2.05, 4.69) is 9.97 Å². The fourth-order valence-electron chi connectivity index (χ4n) is 1.71. The van der Waals surface area contributed by atoms with Crippen LogP contribution in [0.1, 0.15) is 19.0 Å². The van der Waals surface area contributed by atoms with E-state index in [4.69, 9.17) is 16.3 Å². The summed E-state index contributed by atoms with van der Waals surface area (Å²) in [5, 5.41) is 0.634. The van der Waals surface area contributed by atoms with Crippen molar-refractivity contribution in [2.75, 3.05) is 12.4 Å². The van der Waals surface area contributed by atoms with Gasteiger partial charge in [0.2, 0.25) is 0 Å². The Bertz CT molecular complexity index is 684. The number of aromatic nitrogens is 2. The highest BCUT2D eigenvalue weighted by Gasteiger charge is 2.15. The molecule has 122 valence electrons. The molecule has 1 aromatic heterocycles. The summed E-state index contributed by atoms with van der Waals surface area (Å²) in [5.41, 5.74) is 0.589. The van der Waals surface area contributed by atoms with Crippen LogP contribution < -0.4 is 0 Å². The first-order valence-corrected chi connectivity index (χ1v) is 8.07. The van der Waals surface area contributed by atoms with E-state index in [-0.39, 0.29) is 17.5 Å². The average Bonchev–Trinajstić information content (AvgIpc) is 2.53. The smallest absolute Gasteiger partial charge is 0.316 e. The molecular weight excluding hydrogens is 346 g/mol. The van der Waals surface area contributed by atoms with Gasteiger partial charge in [0.15, 0.2) is 5.16 Å². The average molecular weight is 359 g/mol. The van der Waals surface area contributed by atoms with Crippen LogP contribution in [0.15, 0.2) is 35.5 Å². The summed E-state index contributed by atoms with van der Waals surface area (Å²) in [4.78, 5) is 19.4. The molecule has 0 aliphatic carbocycles. The second kappa shape index (κ2) is 8.21. The van der Waals surface area contributed by atoms with Gasteiger partial charge >= 0.3 is 5.97 Å². The lowest BCUT2D eigenvalue weighted by molar-refractivity contribution is -0.139. The lowest BCUT2D eigenvalue weighted by Gasteiger charge is -2.08. The van der Waals surface area contributed by atoms with Crippen molar-refractivity contribution in [3.05, 3.63) is 41.0 Å². The van der Waals surface area contributed by atoms with E-state index in [0.29, 0.717) is 16.3 Å². The zero-order valence-corrected chi connectivity index (χ0v) is 13.7. The number of carbonyl (C=O) groups excluding carboxylic acids is 1. The minimum atomic E-state index is -2.73. The van der Waals surface area contributed by atoms with Crippen LogP contribution in [-0.4, -0.2) is 28.3 Å². The Morgan fingerprint density at radius 1 is 1.30 bits per heavy atom. The van der Waals surface area contributed by atoms with Crippen LogP contribution in [0.5, 0.6) is 0 Å². The standard InChI is InChI=1S/C15H13ClF2N2O2S/c1-2-22-13(21)8-23-15-19-11(7-12(20-15)14(17)18)9-3-5-10(16)6-4-9/h3-7,14H,2,8H2,1H3. The molecule has 2 aromatic rings. The second-order valence-electron chi connectivity index (χ2n) is 4.36. The molecule has 0 amide bonds. The summed E-state index contributed by atoms with van der Waals surface area (Å²) in [6.45, 7) is 1.95. The maximum atomic E-state index is 13.0. The van der Waals surface area contributed by atoms with Crippen molar-refractivity contribution in [1.29, 1.82) is 0 Å². The number of thioether (sulfide) groups is 1. The van der Waals surface area contributed by atoms with Crippen LogP contribution in [0.25, 0.3) is 11.3 Å². The van der Waals surface area contributed by atoms with Crippen molar-refractivity contribution in [3.63, 3.8) is 0 Å². The zero-order valence-electron chi connectivity index (χ0n) is 12.1. The van der Waals surface area contributed by atoms with Crippen molar-refractivity contribution in [2.24, 2.45) is 0 Å². The number of hydrogen-bond acceptors (Lipinski definition) is 5. The molecular formula is C15H13ClF2N2O2S. The van der Waals surface area contributed by atoms with Gasteiger partial charge in [-0.3, -0.25) is 4.79 Å². The summed E-state index contributed by atoms with van der Waals surface area (Å²) in [5.74, 6) is -0.489. The number of benzene rings is 1. The first-order chi connectivity index (χ1) is 11.0. The Morgan fingerprint density at radius 2 is 2.00 bits per heavy atom.